The van der Waals surface area contributed by atoms with E-state index in [1.807, 2.05) is 17.5 Å². The lowest BCUT2D eigenvalue weighted by Crippen LogP contribution is -2.22. The van der Waals surface area contributed by atoms with Gasteiger partial charge in [-0.15, -0.1) is 11.3 Å². The molecule has 0 amide bonds. The van der Waals surface area contributed by atoms with E-state index in [1.165, 1.54) is 23.5 Å². The molecule has 2 N–H and O–H groups in total. The summed E-state index contributed by atoms with van der Waals surface area (Å²) < 4.78 is 12.8. The average Bonchev–Trinajstić information content (AvgIpc) is 2.90. The van der Waals surface area contributed by atoms with E-state index in [2.05, 4.69) is 5.32 Å². The molecule has 1 heterocycles. The molecule has 0 saturated carbocycles. The molecule has 3 nitrogen and oxygen atoms in total. The van der Waals surface area contributed by atoms with Gasteiger partial charge in [-0.1, -0.05) is 18.2 Å². The maximum absolute atomic E-state index is 12.8. The van der Waals surface area contributed by atoms with E-state index in [0.717, 1.165) is 10.4 Å². The van der Waals surface area contributed by atoms with E-state index in [0.29, 0.717) is 6.54 Å². The van der Waals surface area contributed by atoms with E-state index >= 15 is 0 Å². The standard InChI is InChI=1S/C14H14FNO2S/c15-11-5-3-10(4-6-11)9-16-12(8-14(17)18)13-2-1-7-19-13/h1-7,12,16H,8-9H2,(H,17,18). The second kappa shape index (κ2) is 6.45. The third kappa shape index (κ3) is 4.15. The predicted octanol–water partition coefficient (Wildman–Crippen LogP) is 3.19. The van der Waals surface area contributed by atoms with Gasteiger partial charge in [0, 0.05) is 11.4 Å². The molecule has 1 atom stereocenters. The van der Waals surface area contributed by atoms with E-state index < -0.39 is 5.97 Å². The van der Waals surface area contributed by atoms with E-state index in [-0.39, 0.29) is 18.3 Å². The molecule has 0 aliphatic heterocycles. The highest BCUT2D eigenvalue weighted by Gasteiger charge is 2.15. The molecule has 0 fully saturated rings. The Kier molecular flexibility index (Phi) is 4.65. The molecule has 0 spiro atoms. The molecule has 1 aromatic heterocycles. The van der Waals surface area contributed by atoms with Crippen molar-refractivity contribution in [2.75, 3.05) is 0 Å². The molecular formula is C14H14FNO2S. The van der Waals surface area contributed by atoms with Gasteiger partial charge in [-0.2, -0.15) is 0 Å². The number of hydrogen-bond acceptors (Lipinski definition) is 3. The molecule has 5 heteroatoms. The minimum Gasteiger partial charge on any atom is -0.481 e. The third-order valence-corrected chi connectivity index (χ3v) is 3.72. The summed E-state index contributed by atoms with van der Waals surface area (Å²) in [6.45, 7) is 0.510. The monoisotopic (exact) mass is 279 g/mol. The number of carboxylic acids is 1. The normalized spacial score (nSPS) is 12.3. The SMILES string of the molecule is O=C(O)CC(NCc1ccc(F)cc1)c1cccs1. The molecule has 0 aliphatic carbocycles. The highest BCUT2D eigenvalue weighted by Crippen LogP contribution is 2.22. The van der Waals surface area contributed by atoms with Crippen molar-refractivity contribution in [2.24, 2.45) is 0 Å². The number of halogens is 1. The van der Waals surface area contributed by atoms with Crippen molar-refractivity contribution in [1.29, 1.82) is 0 Å². The Morgan fingerprint density at radius 2 is 2.05 bits per heavy atom. The molecule has 0 saturated heterocycles. The maximum Gasteiger partial charge on any atom is 0.305 e. The van der Waals surface area contributed by atoms with Crippen molar-refractivity contribution in [1.82, 2.24) is 5.32 Å². The average molecular weight is 279 g/mol. The van der Waals surface area contributed by atoms with Crippen molar-refractivity contribution in [3.05, 3.63) is 58.0 Å². The number of carboxylic acid groups (broad SMARTS) is 1. The Bertz CT molecular complexity index is 525. The van der Waals surface area contributed by atoms with Crippen LogP contribution in [0.2, 0.25) is 0 Å². The number of nitrogens with one attached hydrogen (secondary N) is 1. The van der Waals surface area contributed by atoms with Crippen LogP contribution >= 0.6 is 11.3 Å². The first kappa shape index (κ1) is 13.7. The molecule has 100 valence electrons. The zero-order valence-corrected chi connectivity index (χ0v) is 11.0. The number of benzene rings is 1. The smallest absolute Gasteiger partial charge is 0.305 e. The lowest BCUT2D eigenvalue weighted by Gasteiger charge is -2.15. The van der Waals surface area contributed by atoms with E-state index in [9.17, 15) is 9.18 Å². The van der Waals surface area contributed by atoms with Gasteiger partial charge in [0.05, 0.1) is 12.5 Å². The highest BCUT2D eigenvalue weighted by atomic mass is 32.1. The Morgan fingerprint density at radius 1 is 1.32 bits per heavy atom. The summed E-state index contributed by atoms with van der Waals surface area (Å²) >= 11 is 1.52. The molecular weight excluding hydrogens is 265 g/mol. The molecule has 19 heavy (non-hydrogen) atoms. The van der Waals surface area contributed by atoms with Gasteiger partial charge in [-0.05, 0) is 29.1 Å². The fraction of sp³-hybridized carbons (Fsp3) is 0.214. The van der Waals surface area contributed by atoms with Crippen molar-refractivity contribution >= 4 is 17.3 Å². The molecule has 0 radical (unpaired) electrons. The van der Waals surface area contributed by atoms with Gasteiger partial charge >= 0.3 is 5.97 Å². The van der Waals surface area contributed by atoms with Crippen LogP contribution < -0.4 is 5.32 Å². The van der Waals surface area contributed by atoms with Gasteiger partial charge in [0.25, 0.3) is 0 Å². The van der Waals surface area contributed by atoms with Crippen molar-refractivity contribution < 1.29 is 14.3 Å². The van der Waals surface area contributed by atoms with Crippen LogP contribution in [0.15, 0.2) is 41.8 Å². The van der Waals surface area contributed by atoms with Gasteiger partial charge in [0.2, 0.25) is 0 Å². The topological polar surface area (TPSA) is 49.3 Å². The van der Waals surface area contributed by atoms with Crippen molar-refractivity contribution in [3.63, 3.8) is 0 Å². The van der Waals surface area contributed by atoms with Crippen LogP contribution in [-0.4, -0.2) is 11.1 Å². The van der Waals surface area contributed by atoms with Gasteiger partial charge in [0.15, 0.2) is 0 Å². The second-order valence-corrected chi connectivity index (χ2v) is 5.15. The Labute approximate surface area is 114 Å². The highest BCUT2D eigenvalue weighted by molar-refractivity contribution is 7.10. The minimum absolute atomic E-state index is 0.0295. The number of rotatable bonds is 6. The van der Waals surface area contributed by atoms with Crippen LogP contribution in [0, 0.1) is 5.82 Å². The van der Waals surface area contributed by atoms with Crippen LogP contribution in [0.4, 0.5) is 4.39 Å². The predicted molar refractivity (Wildman–Crippen MR) is 72.6 cm³/mol. The van der Waals surface area contributed by atoms with Crippen LogP contribution in [-0.2, 0) is 11.3 Å². The molecule has 1 unspecified atom stereocenters. The summed E-state index contributed by atoms with van der Waals surface area (Å²) in [6.07, 6.45) is 0.0295. The second-order valence-electron chi connectivity index (χ2n) is 4.17. The largest absolute Gasteiger partial charge is 0.481 e. The first-order valence-corrected chi connectivity index (χ1v) is 6.76. The van der Waals surface area contributed by atoms with Crippen LogP contribution in [0.1, 0.15) is 22.9 Å². The van der Waals surface area contributed by atoms with Crippen molar-refractivity contribution in [3.8, 4) is 0 Å². The van der Waals surface area contributed by atoms with Gasteiger partial charge < -0.3 is 10.4 Å². The van der Waals surface area contributed by atoms with Gasteiger partial charge in [-0.3, -0.25) is 4.79 Å². The molecule has 2 aromatic rings. The summed E-state index contributed by atoms with van der Waals surface area (Å²) in [5.41, 5.74) is 0.924. The summed E-state index contributed by atoms with van der Waals surface area (Å²) in [7, 11) is 0. The van der Waals surface area contributed by atoms with Crippen LogP contribution in [0.3, 0.4) is 0 Å². The zero-order chi connectivity index (χ0) is 13.7. The van der Waals surface area contributed by atoms with E-state index in [4.69, 9.17) is 5.11 Å². The molecule has 2 rings (SSSR count). The summed E-state index contributed by atoms with van der Waals surface area (Å²) in [6, 6.07) is 9.76. The Hall–Kier alpha value is -1.72. The Balaban J connectivity index is 2.00. The summed E-state index contributed by atoms with van der Waals surface area (Å²) in [5, 5.41) is 14.0. The number of aliphatic carboxylic acids is 1. The molecule has 1 aromatic carbocycles. The fourth-order valence-corrected chi connectivity index (χ4v) is 2.58. The van der Waals surface area contributed by atoms with Gasteiger partial charge in [0.1, 0.15) is 5.82 Å². The Morgan fingerprint density at radius 3 is 2.63 bits per heavy atom. The number of carbonyl (C=O) groups is 1. The van der Waals surface area contributed by atoms with Crippen LogP contribution in [0.25, 0.3) is 0 Å². The van der Waals surface area contributed by atoms with Crippen molar-refractivity contribution in [2.45, 2.75) is 19.0 Å². The number of hydrogen-bond donors (Lipinski definition) is 2. The molecule has 0 bridgehead atoms. The van der Waals surface area contributed by atoms with Crippen LogP contribution in [0.5, 0.6) is 0 Å². The minimum atomic E-state index is -0.843. The summed E-state index contributed by atoms with van der Waals surface area (Å²) in [4.78, 5) is 11.9. The zero-order valence-electron chi connectivity index (χ0n) is 10.2. The lowest BCUT2D eigenvalue weighted by atomic mass is 10.1. The summed E-state index contributed by atoms with van der Waals surface area (Å²) in [5.74, 6) is -1.12. The third-order valence-electron chi connectivity index (χ3n) is 2.73. The number of thiophene rings is 1. The first-order valence-electron chi connectivity index (χ1n) is 5.88. The maximum atomic E-state index is 12.8. The lowest BCUT2D eigenvalue weighted by molar-refractivity contribution is -0.137. The first-order chi connectivity index (χ1) is 9.15. The van der Waals surface area contributed by atoms with E-state index in [1.54, 1.807) is 12.1 Å². The molecule has 0 aliphatic rings. The quantitative estimate of drug-likeness (QED) is 0.853. The fourth-order valence-electron chi connectivity index (χ4n) is 1.78. The van der Waals surface area contributed by atoms with Gasteiger partial charge in [-0.25, -0.2) is 4.39 Å².